The number of sulfonamides is 1. The highest BCUT2D eigenvalue weighted by atomic mass is 32.2. The van der Waals surface area contributed by atoms with Gasteiger partial charge in [0, 0.05) is 30.9 Å². The maximum absolute atomic E-state index is 13.1. The van der Waals surface area contributed by atoms with E-state index in [1.807, 2.05) is 19.9 Å². The molecule has 2 N–H and O–H groups in total. The zero-order valence-corrected chi connectivity index (χ0v) is 16.1. The van der Waals surface area contributed by atoms with Gasteiger partial charge in [0.1, 0.15) is 10.6 Å². The Balaban J connectivity index is 1.81. The fourth-order valence-corrected chi connectivity index (χ4v) is 4.96. The van der Waals surface area contributed by atoms with Crippen molar-refractivity contribution in [3.8, 4) is 5.75 Å². The first kappa shape index (κ1) is 18.6. The highest BCUT2D eigenvalue weighted by molar-refractivity contribution is 7.89. The minimum absolute atomic E-state index is 0.188. The fraction of sp³-hybridized carbons (Fsp3) is 0.444. The van der Waals surface area contributed by atoms with E-state index in [1.165, 1.54) is 11.4 Å². The van der Waals surface area contributed by atoms with E-state index in [0.717, 1.165) is 16.8 Å². The van der Waals surface area contributed by atoms with E-state index in [9.17, 15) is 8.42 Å². The zero-order valence-electron chi connectivity index (χ0n) is 15.3. The van der Waals surface area contributed by atoms with Gasteiger partial charge in [-0.05, 0) is 56.0 Å². The molecule has 8 heteroatoms. The quantitative estimate of drug-likeness (QED) is 0.879. The summed E-state index contributed by atoms with van der Waals surface area (Å²) in [5.74, 6) is 0.824. The molecule has 2 heterocycles. The average Bonchev–Trinajstić information content (AvgIpc) is 2.63. The highest BCUT2D eigenvalue weighted by Crippen LogP contribution is 2.34. The lowest BCUT2D eigenvalue weighted by molar-refractivity contribution is 0.314. The van der Waals surface area contributed by atoms with Gasteiger partial charge >= 0.3 is 0 Å². The van der Waals surface area contributed by atoms with Crippen LogP contribution >= 0.6 is 0 Å². The van der Waals surface area contributed by atoms with Crippen LogP contribution in [0, 0.1) is 13.8 Å². The van der Waals surface area contributed by atoms with Gasteiger partial charge in [-0.3, -0.25) is 0 Å². The number of nitrogens with zero attached hydrogens (tertiary/aromatic N) is 3. The van der Waals surface area contributed by atoms with E-state index in [4.69, 9.17) is 10.5 Å². The predicted octanol–water partition coefficient (Wildman–Crippen LogP) is 2.25. The van der Waals surface area contributed by atoms with Crippen molar-refractivity contribution in [1.82, 2.24) is 14.3 Å². The normalized spacial score (nSPS) is 16.6. The van der Waals surface area contributed by atoms with Crippen LogP contribution in [0.5, 0.6) is 5.75 Å². The minimum Gasteiger partial charge on any atom is -0.495 e. The van der Waals surface area contributed by atoms with Crippen molar-refractivity contribution in [2.45, 2.75) is 37.5 Å². The number of ether oxygens (including phenoxy) is 1. The topological polar surface area (TPSA) is 98.4 Å². The Hall–Kier alpha value is -2.19. The number of methoxy groups -OCH3 is 1. The van der Waals surface area contributed by atoms with Crippen LogP contribution in [0.3, 0.4) is 0 Å². The van der Waals surface area contributed by atoms with E-state index in [0.29, 0.717) is 31.7 Å². The predicted molar refractivity (Wildman–Crippen MR) is 99.6 cm³/mol. The molecule has 7 nitrogen and oxygen atoms in total. The summed E-state index contributed by atoms with van der Waals surface area (Å²) in [5.41, 5.74) is 8.45. The number of nitrogens with two attached hydrogens (primary N) is 1. The molecule has 3 rings (SSSR count). The zero-order chi connectivity index (χ0) is 18.9. The van der Waals surface area contributed by atoms with Gasteiger partial charge in [-0.2, -0.15) is 4.31 Å². The number of benzene rings is 1. The van der Waals surface area contributed by atoms with E-state index in [1.54, 1.807) is 18.3 Å². The second-order valence-corrected chi connectivity index (χ2v) is 8.51. The molecular formula is C18H24N4O3S. The molecule has 26 heavy (non-hydrogen) atoms. The van der Waals surface area contributed by atoms with Crippen LogP contribution in [-0.2, 0) is 10.0 Å². The number of nitrogen functional groups attached to an aromatic ring is 1. The van der Waals surface area contributed by atoms with Crippen LogP contribution in [-0.4, -0.2) is 42.9 Å². The monoisotopic (exact) mass is 376 g/mol. The first-order valence-electron chi connectivity index (χ1n) is 8.56. The second-order valence-electron chi connectivity index (χ2n) is 6.61. The number of anilines is 1. The summed E-state index contributed by atoms with van der Waals surface area (Å²) in [4.78, 5) is 8.41. The molecule has 0 unspecified atom stereocenters. The van der Waals surface area contributed by atoms with Crippen molar-refractivity contribution in [3.63, 3.8) is 0 Å². The Morgan fingerprint density at radius 1 is 1.19 bits per heavy atom. The molecule has 0 spiro atoms. The molecule has 0 saturated carbocycles. The summed E-state index contributed by atoms with van der Waals surface area (Å²) >= 11 is 0. The van der Waals surface area contributed by atoms with Crippen LogP contribution in [0.4, 0.5) is 5.95 Å². The van der Waals surface area contributed by atoms with Gasteiger partial charge in [0.05, 0.1) is 7.11 Å². The number of hydrogen-bond donors (Lipinski definition) is 1. The number of piperidine rings is 1. The summed E-state index contributed by atoms with van der Waals surface area (Å²) in [6, 6.07) is 5.32. The third-order valence-electron chi connectivity index (χ3n) is 4.97. The molecule has 1 saturated heterocycles. The smallest absolute Gasteiger partial charge is 0.246 e. The highest BCUT2D eigenvalue weighted by Gasteiger charge is 2.32. The van der Waals surface area contributed by atoms with Crippen molar-refractivity contribution in [2.75, 3.05) is 25.9 Å². The maximum atomic E-state index is 13.1. The summed E-state index contributed by atoms with van der Waals surface area (Å²) in [6.07, 6.45) is 3.03. The van der Waals surface area contributed by atoms with Gasteiger partial charge in [0.2, 0.25) is 16.0 Å². The Morgan fingerprint density at radius 3 is 2.46 bits per heavy atom. The van der Waals surface area contributed by atoms with Crippen LogP contribution in [0.25, 0.3) is 0 Å². The van der Waals surface area contributed by atoms with Crippen molar-refractivity contribution in [2.24, 2.45) is 0 Å². The first-order chi connectivity index (χ1) is 12.3. The van der Waals surface area contributed by atoms with E-state index in [2.05, 4.69) is 9.97 Å². The molecule has 1 aromatic heterocycles. The van der Waals surface area contributed by atoms with Gasteiger partial charge in [0.25, 0.3) is 0 Å². The van der Waals surface area contributed by atoms with Crippen LogP contribution in [0.1, 0.15) is 35.6 Å². The Labute approximate surface area is 154 Å². The SMILES string of the molecule is COc1cc(C)c(C)cc1S(=O)(=O)N1CCC(c2ccnc(N)n2)CC1. The molecule has 0 amide bonds. The minimum atomic E-state index is -3.61. The van der Waals surface area contributed by atoms with Crippen LogP contribution < -0.4 is 10.5 Å². The number of rotatable bonds is 4. The largest absolute Gasteiger partial charge is 0.495 e. The van der Waals surface area contributed by atoms with Gasteiger partial charge in [-0.25, -0.2) is 18.4 Å². The summed E-state index contributed by atoms with van der Waals surface area (Å²) < 4.78 is 33.1. The van der Waals surface area contributed by atoms with E-state index >= 15 is 0 Å². The van der Waals surface area contributed by atoms with Gasteiger partial charge in [-0.15, -0.1) is 0 Å². The first-order valence-corrected chi connectivity index (χ1v) is 10.0. The molecule has 0 aliphatic carbocycles. The number of hydrogen-bond acceptors (Lipinski definition) is 6. The fourth-order valence-electron chi connectivity index (χ4n) is 3.27. The number of aryl methyl sites for hydroxylation is 2. The maximum Gasteiger partial charge on any atom is 0.246 e. The van der Waals surface area contributed by atoms with Crippen LogP contribution in [0.2, 0.25) is 0 Å². The molecule has 0 radical (unpaired) electrons. The van der Waals surface area contributed by atoms with Crippen molar-refractivity contribution in [3.05, 3.63) is 41.2 Å². The van der Waals surface area contributed by atoms with E-state index in [-0.39, 0.29) is 16.8 Å². The molecule has 0 bridgehead atoms. The third-order valence-corrected chi connectivity index (χ3v) is 6.89. The van der Waals surface area contributed by atoms with Gasteiger partial charge in [-0.1, -0.05) is 0 Å². The Bertz CT molecular complexity index is 907. The second kappa shape index (κ2) is 7.20. The summed E-state index contributed by atoms with van der Waals surface area (Å²) in [7, 11) is -2.11. The molecule has 1 aliphatic heterocycles. The Morgan fingerprint density at radius 2 is 1.85 bits per heavy atom. The van der Waals surface area contributed by atoms with Crippen molar-refractivity contribution < 1.29 is 13.2 Å². The average molecular weight is 376 g/mol. The lowest BCUT2D eigenvalue weighted by Crippen LogP contribution is -2.38. The van der Waals surface area contributed by atoms with Crippen molar-refractivity contribution in [1.29, 1.82) is 0 Å². The Kier molecular flexibility index (Phi) is 5.15. The lowest BCUT2D eigenvalue weighted by Gasteiger charge is -2.31. The third kappa shape index (κ3) is 3.52. The molecule has 2 aromatic rings. The molecule has 140 valence electrons. The molecule has 0 atom stereocenters. The van der Waals surface area contributed by atoms with Crippen molar-refractivity contribution >= 4 is 16.0 Å². The van der Waals surface area contributed by atoms with Gasteiger partial charge in [0.15, 0.2) is 0 Å². The van der Waals surface area contributed by atoms with E-state index < -0.39 is 10.0 Å². The lowest BCUT2D eigenvalue weighted by atomic mass is 9.94. The molecule has 1 aliphatic rings. The number of aromatic nitrogens is 2. The summed E-state index contributed by atoms with van der Waals surface area (Å²) in [6.45, 7) is 4.71. The van der Waals surface area contributed by atoms with Crippen LogP contribution in [0.15, 0.2) is 29.3 Å². The molecular weight excluding hydrogens is 352 g/mol. The molecule has 1 fully saturated rings. The van der Waals surface area contributed by atoms with Gasteiger partial charge < -0.3 is 10.5 Å². The molecule has 1 aromatic carbocycles. The standard InChI is InChI=1S/C18H24N4O3S/c1-12-10-16(25-3)17(11-13(12)2)26(23,24)22-8-5-14(6-9-22)15-4-7-20-18(19)21-15/h4,7,10-11,14H,5-6,8-9H2,1-3H3,(H2,19,20,21). The summed E-state index contributed by atoms with van der Waals surface area (Å²) in [5, 5.41) is 0.